The van der Waals surface area contributed by atoms with Crippen LogP contribution in [0.25, 0.3) is 5.69 Å². The van der Waals surface area contributed by atoms with Crippen molar-refractivity contribution < 1.29 is 9.59 Å². The summed E-state index contributed by atoms with van der Waals surface area (Å²) >= 11 is 11.8. The SMILES string of the molecule is O=C(NCc1cnn(-c2ccc(Cl)cc2)c1)C1CCN(c2ccc(Cl)cc2)C1=O. The van der Waals surface area contributed by atoms with Crippen molar-refractivity contribution >= 4 is 40.7 Å². The molecule has 0 saturated carbocycles. The van der Waals surface area contributed by atoms with Gasteiger partial charge in [-0.3, -0.25) is 9.59 Å². The number of nitrogens with one attached hydrogen (secondary N) is 1. The molecule has 2 amide bonds. The smallest absolute Gasteiger partial charge is 0.239 e. The molecule has 2 aromatic carbocycles. The number of nitrogens with zero attached hydrogens (tertiary/aromatic N) is 3. The van der Waals surface area contributed by atoms with E-state index in [9.17, 15) is 9.59 Å². The lowest BCUT2D eigenvalue weighted by molar-refractivity contribution is -0.132. The average Bonchev–Trinajstić information content (AvgIpc) is 3.34. The van der Waals surface area contributed by atoms with Gasteiger partial charge in [-0.15, -0.1) is 0 Å². The molecule has 6 nitrogen and oxygen atoms in total. The number of amides is 2. The summed E-state index contributed by atoms with van der Waals surface area (Å²) in [5.74, 6) is -1.15. The monoisotopic (exact) mass is 428 g/mol. The maximum atomic E-state index is 12.7. The van der Waals surface area contributed by atoms with Gasteiger partial charge in [-0.25, -0.2) is 4.68 Å². The van der Waals surface area contributed by atoms with Crippen molar-refractivity contribution in [2.75, 3.05) is 11.4 Å². The number of aromatic nitrogens is 2. The number of rotatable bonds is 5. The van der Waals surface area contributed by atoms with Gasteiger partial charge in [0.15, 0.2) is 0 Å². The Balaban J connectivity index is 1.36. The third-order valence-electron chi connectivity index (χ3n) is 4.85. The van der Waals surface area contributed by atoms with Crippen LogP contribution in [0.3, 0.4) is 0 Å². The van der Waals surface area contributed by atoms with Gasteiger partial charge in [0.2, 0.25) is 11.8 Å². The summed E-state index contributed by atoms with van der Waals surface area (Å²) in [6.45, 7) is 0.810. The maximum absolute atomic E-state index is 12.7. The van der Waals surface area contributed by atoms with Gasteiger partial charge in [0.25, 0.3) is 0 Å². The summed E-state index contributed by atoms with van der Waals surface area (Å²) in [6, 6.07) is 14.3. The molecule has 1 fully saturated rings. The summed E-state index contributed by atoms with van der Waals surface area (Å²) in [4.78, 5) is 26.8. The summed E-state index contributed by atoms with van der Waals surface area (Å²) in [5.41, 5.74) is 2.46. The van der Waals surface area contributed by atoms with Gasteiger partial charge in [0.1, 0.15) is 5.92 Å². The fourth-order valence-electron chi connectivity index (χ4n) is 3.30. The Hall–Kier alpha value is -2.83. The van der Waals surface area contributed by atoms with Crippen LogP contribution in [0, 0.1) is 5.92 Å². The Morgan fingerprint density at radius 2 is 1.66 bits per heavy atom. The van der Waals surface area contributed by atoms with Crippen molar-refractivity contribution in [1.82, 2.24) is 15.1 Å². The van der Waals surface area contributed by atoms with Gasteiger partial charge in [-0.2, -0.15) is 5.10 Å². The lowest BCUT2D eigenvalue weighted by Crippen LogP contribution is -2.36. The molecule has 8 heteroatoms. The topological polar surface area (TPSA) is 67.2 Å². The van der Waals surface area contributed by atoms with Gasteiger partial charge >= 0.3 is 0 Å². The number of anilines is 1. The van der Waals surface area contributed by atoms with Gasteiger partial charge in [-0.05, 0) is 55.0 Å². The molecule has 4 rings (SSSR count). The number of carbonyl (C=O) groups is 2. The first kappa shape index (κ1) is 19.5. The van der Waals surface area contributed by atoms with Gasteiger partial charge in [0.05, 0.1) is 11.9 Å². The second kappa shape index (κ2) is 8.27. The minimum atomic E-state index is -0.683. The molecule has 1 saturated heterocycles. The van der Waals surface area contributed by atoms with Crippen molar-refractivity contribution in [2.45, 2.75) is 13.0 Å². The predicted octanol–water partition coefficient (Wildman–Crippen LogP) is 3.85. The first-order chi connectivity index (χ1) is 14.0. The highest BCUT2D eigenvalue weighted by Gasteiger charge is 2.37. The van der Waals surface area contributed by atoms with E-state index >= 15 is 0 Å². The Kier molecular flexibility index (Phi) is 5.56. The van der Waals surface area contributed by atoms with Crippen LogP contribution in [0.4, 0.5) is 5.69 Å². The Bertz CT molecular complexity index is 1030. The number of halogens is 2. The Labute approximate surface area is 178 Å². The average molecular weight is 429 g/mol. The lowest BCUT2D eigenvalue weighted by Gasteiger charge is -2.16. The van der Waals surface area contributed by atoms with E-state index in [-0.39, 0.29) is 11.8 Å². The van der Waals surface area contributed by atoms with E-state index in [0.29, 0.717) is 29.6 Å². The Morgan fingerprint density at radius 3 is 2.31 bits per heavy atom. The van der Waals surface area contributed by atoms with Crippen LogP contribution in [0.15, 0.2) is 60.9 Å². The molecule has 1 aliphatic rings. The second-order valence-electron chi connectivity index (χ2n) is 6.79. The number of hydrogen-bond acceptors (Lipinski definition) is 3. The molecule has 3 aromatic rings. The summed E-state index contributed by atoms with van der Waals surface area (Å²) in [7, 11) is 0. The molecule has 1 unspecified atom stereocenters. The molecule has 0 aliphatic carbocycles. The van der Waals surface area contributed by atoms with Crippen molar-refractivity contribution in [3.05, 3.63) is 76.5 Å². The first-order valence-electron chi connectivity index (χ1n) is 9.15. The van der Waals surface area contributed by atoms with Crippen LogP contribution in [0.1, 0.15) is 12.0 Å². The van der Waals surface area contributed by atoms with Crippen LogP contribution in [0.5, 0.6) is 0 Å². The first-order valence-corrected chi connectivity index (χ1v) is 9.91. The zero-order valence-corrected chi connectivity index (χ0v) is 16.9. The van der Waals surface area contributed by atoms with Gasteiger partial charge < -0.3 is 10.2 Å². The molecule has 1 aromatic heterocycles. The van der Waals surface area contributed by atoms with Crippen LogP contribution >= 0.6 is 23.2 Å². The minimum Gasteiger partial charge on any atom is -0.351 e. The van der Waals surface area contributed by atoms with Gasteiger partial charge in [0, 0.05) is 40.6 Å². The van der Waals surface area contributed by atoms with E-state index in [1.807, 2.05) is 18.3 Å². The molecule has 148 valence electrons. The molecule has 2 heterocycles. The van der Waals surface area contributed by atoms with E-state index < -0.39 is 5.92 Å². The third kappa shape index (κ3) is 4.28. The third-order valence-corrected chi connectivity index (χ3v) is 5.36. The van der Waals surface area contributed by atoms with Gasteiger partial charge in [-0.1, -0.05) is 23.2 Å². The normalized spacial score (nSPS) is 16.3. The molecule has 0 radical (unpaired) electrons. The largest absolute Gasteiger partial charge is 0.351 e. The van der Waals surface area contributed by atoms with Crippen molar-refractivity contribution in [3.8, 4) is 5.69 Å². The van der Waals surface area contributed by atoms with E-state index in [4.69, 9.17) is 23.2 Å². The standard InChI is InChI=1S/C21H18Cl2N4O2/c22-15-1-5-17(6-2-15)26-10-9-19(21(26)29)20(28)24-11-14-12-25-27(13-14)18-7-3-16(23)4-8-18/h1-8,12-13,19H,9-11H2,(H,24,28). The molecule has 1 N–H and O–H groups in total. The second-order valence-corrected chi connectivity index (χ2v) is 7.67. The molecule has 1 atom stereocenters. The Morgan fingerprint density at radius 1 is 1.03 bits per heavy atom. The van der Waals surface area contributed by atoms with E-state index in [1.165, 1.54) is 0 Å². The van der Waals surface area contributed by atoms with Crippen LogP contribution in [-0.2, 0) is 16.1 Å². The zero-order chi connectivity index (χ0) is 20.4. The molecular formula is C21H18Cl2N4O2. The van der Waals surface area contributed by atoms with Crippen LogP contribution in [-0.4, -0.2) is 28.1 Å². The molecule has 0 bridgehead atoms. The summed E-state index contributed by atoms with van der Waals surface area (Å²) < 4.78 is 1.71. The van der Waals surface area contributed by atoms with Crippen molar-refractivity contribution in [1.29, 1.82) is 0 Å². The quantitative estimate of drug-likeness (QED) is 0.627. The van der Waals surface area contributed by atoms with Crippen molar-refractivity contribution in [2.24, 2.45) is 5.92 Å². The van der Waals surface area contributed by atoms with E-state index in [2.05, 4.69) is 10.4 Å². The summed E-state index contributed by atoms with van der Waals surface area (Å²) in [6.07, 6.45) is 4.00. The molecule has 0 spiro atoms. The molecule has 29 heavy (non-hydrogen) atoms. The molecule has 1 aliphatic heterocycles. The van der Waals surface area contributed by atoms with Crippen molar-refractivity contribution in [3.63, 3.8) is 0 Å². The number of carbonyl (C=O) groups excluding carboxylic acids is 2. The minimum absolute atomic E-state index is 0.193. The fourth-order valence-corrected chi connectivity index (χ4v) is 3.55. The van der Waals surface area contributed by atoms with E-state index in [0.717, 1.165) is 16.9 Å². The number of hydrogen-bond donors (Lipinski definition) is 1. The molecular weight excluding hydrogens is 411 g/mol. The van der Waals surface area contributed by atoms with Crippen LogP contribution < -0.4 is 10.2 Å². The summed E-state index contributed by atoms with van der Waals surface area (Å²) in [5, 5.41) is 8.41. The highest BCUT2D eigenvalue weighted by Crippen LogP contribution is 2.26. The highest BCUT2D eigenvalue weighted by atomic mass is 35.5. The van der Waals surface area contributed by atoms with E-state index in [1.54, 1.807) is 52.2 Å². The zero-order valence-electron chi connectivity index (χ0n) is 15.4. The highest BCUT2D eigenvalue weighted by molar-refractivity contribution is 6.30. The number of benzene rings is 2. The lowest BCUT2D eigenvalue weighted by atomic mass is 10.1. The fraction of sp³-hybridized carbons (Fsp3) is 0.190. The maximum Gasteiger partial charge on any atom is 0.239 e. The predicted molar refractivity (Wildman–Crippen MR) is 112 cm³/mol. The van der Waals surface area contributed by atoms with Crippen LogP contribution in [0.2, 0.25) is 10.0 Å².